The summed E-state index contributed by atoms with van der Waals surface area (Å²) in [4.78, 5) is 0. The van der Waals surface area contributed by atoms with Crippen molar-refractivity contribution < 1.29 is 5.11 Å². The van der Waals surface area contributed by atoms with Crippen LogP contribution in [0.15, 0.2) is 12.1 Å². The highest BCUT2D eigenvalue weighted by Crippen LogP contribution is 2.30. The minimum atomic E-state index is 0.215. The van der Waals surface area contributed by atoms with Crippen LogP contribution in [0.2, 0.25) is 0 Å². The van der Waals surface area contributed by atoms with E-state index in [9.17, 15) is 0 Å². The standard InChI is InChI=1S/C11H15NO/c1-7-3-4-9-5-10(6-13)12-11(9)8(7)2/h3-4,10,12-13H,5-6H2,1-2H3. The maximum Gasteiger partial charge on any atom is 0.0636 e. The van der Waals surface area contributed by atoms with E-state index in [0.29, 0.717) is 0 Å². The molecule has 1 atom stereocenters. The van der Waals surface area contributed by atoms with Crippen LogP contribution < -0.4 is 5.32 Å². The van der Waals surface area contributed by atoms with E-state index in [1.807, 2.05) is 0 Å². The molecule has 1 unspecified atom stereocenters. The molecule has 0 saturated heterocycles. The maximum absolute atomic E-state index is 9.04. The fourth-order valence-electron chi connectivity index (χ4n) is 1.87. The van der Waals surface area contributed by atoms with E-state index in [0.717, 1.165) is 6.42 Å². The number of rotatable bonds is 1. The van der Waals surface area contributed by atoms with Crippen molar-refractivity contribution in [2.45, 2.75) is 26.3 Å². The SMILES string of the molecule is Cc1ccc2c(c1C)NC(CO)C2. The van der Waals surface area contributed by atoms with Crippen LogP contribution in [0.4, 0.5) is 5.69 Å². The molecule has 0 fully saturated rings. The normalized spacial score (nSPS) is 19.8. The van der Waals surface area contributed by atoms with Crippen LogP contribution in [0.5, 0.6) is 0 Å². The van der Waals surface area contributed by atoms with Gasteiger partial charge in [0.15, 0.2) is 0 Å². The van der Waals surface area contributed by atoms with Crippen LogP contribution in [0, 0.1) is 13.8 Å². The van der Waals surface area contributed by atoms with Crippen LogP contribution in [0.25, 0.3) is 0 Å². The fraction of sp³-hybridized carbons (Fsp3) is 0.455. The summed E-state index contributed by atoms with van der Waals surface area (Å²) in [6.45, 7) is 4.46. The molecule has 2 rings (SSSR count). The van der Waals surface area contributed by atoms with E-state index in [-0.39, 0.29) is 12.6 Å². The average Bonchev–Trinajstić information content (AvgIpc) is 2.55. The Labute approximate surface area is 78.6 Å². The lowest BCUT2D eigenvalue weighted by atomic mass is 10.0. The van der Waals surface area contributed by atoms with Crippen molar-refractivity contribution in [1.82, 2.24) is 0 Å². The Hall–Kier alpha value is -1.02. The Bertz CT molecular complexity index is 333. The number of aliphatic hydroxyl groups is 1. The van der Waals surface area contributed by atoms with Gasteiger partial charge in [-0.2, -0.15) is 0 Å². The van der Waals surface area contributed by atoms with E-state index in [2.05, 4.69) is 31.3 Å². The number of aryl methyl sites for hydroxylation is 1. The number of benzene rings is 1. The summed E-state index contributed by atoms with van der Waals surface area (Å²) in [5, 5.41) is 12.4. The molecule has 0 aromatic heterocycles. The van der Waals surface area contributed by atoms with Gasteiger partial charge in [0.25, 0.3) is 0 Å². The van der Waals surface area contributed by atoms with Gasteiger partial charge < -0.3 is 10.4 Å². The van der Waals surface area contributed by atoms with Gasteiger partial charge in [-0.05, 0) is 37.0 Å². The zero-order valence-electron chi connectivity index (χ0n) is 8.09. The Morgan fingerprint density at radius 2 is 2.23 bits per heavy atom. The van der Waals surface area contributed by atoms with Crippen LogP contribution in [0.1, 0.15) is 16.7 Å². The van der Waals surface area contributed by atoms with Gasteiger partial charge >= 0.3 is 0 Å². The number of fused-ring (bicyclic) bond motifs is 1. The molecule has 0 saturated carbocycles. The van der Waals surface area contributed by atoms with Gasteiger partial charge in [0, 0.05) is 5.69 Å². The monoisotopic (exact) mass is 177 g/mol. The first kappa shape index (κ1) is 8.57. The van der Waals surface area contributed by atoms with Gasteiger partial charge in [0.1, 0.15) is 0 Å². The molecule has 2 heteroatoms. The predicted molar refractivity (Wildman–Crippen MR) is 54.1 cm³/mol. The van der Waals surface area contributed by atoms with E-state index < -0.39 is 0 Å². The zero-order chi connectivity index (χ0) is 9.42. The van der Waals surface area contributed by atoms with E-state index >= 15 is 0 Å². The van der Waals surface area contributed by atoms with Crippen molar-refractivity contribution in [2.75, 3.05) is 11.9 Å². The van der Waals surface area contributed by atoms with Crippen LogP contribution >= 0.6 is 0 Å². The molecule has 1 aliphatic heterocycles. The van der Waals surface area contributed by atoms with Crippen LogP contribution in [-0.2, 0) is 6.42 Å². The van der Waals surface area contributed by atoms with Gasteiger partial charge in [0.05, 0.1) is 12.6 Å². The highest BCUT2D eigenvalue weighted by molar-refractivity contribution is 5.64. The third-order valence-corrected chi connectivity index (χ3v) is 2.86. The molecule has 0 amide bonds. The summed E-state index contributed by atoms with van der Waals surface area (Å²) >= 11 is 0. The van der Waals surface area contributed by atoms with Crippen molar-refractivity contribution >= 4 is 5.69 Å². The van der Waals surface area contributed by atoms with Crippen molar-refractivity contribution in [2.24, 2.45) is 0 Å². The molecule has 1 heterocycles. The average molecular weight is 177 g/mol. The van der Waals surface area contributed by atoms with Crippen LogP contribution in [-0.4, -0.2) is 17.8 Å². The number of nitrogens with one attached hydrogen (secondary N) is 1. The van der Waals surface area contributed by atoms with Gasteiger partial charge in [-0.25, -0.2) is 0 Å². The Morgan fingerprint density at radius 1 is 1.46 bits per heavy atom. The molecular weight excluding hydrogens is 162 g/mol. The minimum Gasteiger partial charge on any atom is -0.394 e. The minimum absolute atomic E-state index is 0.215. The molecule has 2 nitrogen and oxygen atoms in total. The van der Waals surface area contributed by atoms with Crippen molar-refractivity contribution in [3.8, 4) is 0 Å². The second-order valence-corrected chi connectivity index (χ2v) is 3.77. The van der Waals surface area contributed by atoms with Gasteiger partial charge in [-0.15, -0.1) is 0 Å². The van der Waals surface area contributed by atoms with Gasteiger partial charge in [-0.1, -0.05) is 12.1 Å². The molecule has 1 aromatic carbocycles. The second kappa shape index (κ2) is 3.04. The first-order valence-corrected chi connectivity index (χ1v) is 4.69. The first-order valence-electron chi connectivity index (χ1n) is 4.69. The lowest BCUT2D eigenvalue weighted by molar-refractivity contribution is 0.277. The summed E-state index contributed by atoms with van der Waals surface area (Å²) in [7, 11) is 0. The summed E-state index contributed by atoms with van der Waals surface area (Å²) in [6, 6.07) is 4.52. The molecule has 0 aliphatic carbocycles. The molecule has 0 bridgehead atoms. The lowest BCUT2D eigenvalue weighted by Crippen LogP contribution is -2.19. The summed E-state index contributed by atoms with van der Waals surface area (Å²) in [6.07, 6.45) is 0.951. The molecule has 13 heavy (non-hydrogen) atoms. The molecule has 1 aliphatic rings. The first-order chi connectivity index (χ1) is 6.22. The summed E-state index contributed by atoms with van der Waals surface area (Å²) in [5.41, 5.74) is 5.19. The van der Waals surface area contributed by atoms with Crippen LogP contribution in [0.3, 0.4) is 0 Å². The van der Waals surface area contributed by atoms with Gasteiger partial charge in [0.2, 0.25) is 0 Å². The number of aliphatic hydroxyl groups excluding tert-OH is 1. The predicted octanol–water partition coefficient (Wildman–Crippen LogP) is 1.63. The fourth-order valence-corrected chi connectivity index (χ4v) is 1.87. The summed E-state index contributed by atoms with van der Waals surface area (Å²) in [5.74, 6) is 0. The third kappa shape index (κ3) is 1.31. The third-order valence-electron chi connectivity index (χ3n) is 2.86. The molecule has 1 aromatic rings. The smallest absolute Gasteiger partial charge is 0.0636 e. The number of hydrogen-bond donors (Lipinski definition) is 2. The van der Waals surface area contributed by atoms with E-state index in [1.54, 1.807) is 0 Å². The lowest BCUT2D eigenvalue weighted by Gasteiger charge is -2.09. The molecule has 0 spiro atoms. The van der Waals surface area contributed by atoms with Gasteiger partial charge in [-0.3, -0.25) is 0 Å². The largest absolute Gasteiger partial charge is 0.394 e. The van der Waals surface area contributed by atoms with Crippen molar-refractivity contribution in [3.63, 3.8) is 0 Å². The second-order valence-electron chi connectivity index (χ2n) is 3.77. The van der Waals surface area contributed by atoms with Crippen molar-refractivity contribution in [3.05, 3.63) is 28.8 Å². The highest BCUT2D eigenvalue weighted by Gasteiger charge is 2.21. The molecule has 70 valence electrons. The Morgan fingerprint density at radius 3 is 2.92 bits per heavy atom. The van der Waals surface area contributed by atoms with E-state index in [1.165, 1.54) is 22.4 Å². The maximum atomic E-state index is 9.04. The Kier molecular flexibility index (Phi) is 2.00. The molecule has 0 radical (unpaired) electrons. The Balaban J connectivity index is 2.40. The number of anilines is 1. The molecule has 2 N–H and O–H groups in total. The zero-order valence-corrected chi connectivity index (χ0v) is 8.09. The number of hydrogen-bond acceptors (Lipinski definition) is 2. The highest BCUT2D eigenvalue weighted by atomic mass is 16.3. The summed E-state index contributed by atoms with van der Waals surface area (Å²) < 4.78 is 0. The van der Waals surface area contributed by atoms with Crippen molar-refractivity contribution in [1.29, 1.82) is 0 Å². The van der Waals surface area contributed by atoms with E-state index in [4.69, 9.17) is 5.11 Å². The molecular formula is C11H15NO. The quantitative estimate of drug-likeness (QED) is 0.683. The topological polar surface area (TPSA) is 32.3 Å².